The van der Waals surface area contributed by atoms with Crippen molar-refractivity contribution in [1.82, 2.24) is 9.55 Å². The lowest BCUT2D eigenvalue weighted by Gasteiger charge is -2.19. The van der Waals surface area contributed by atoms with E-state index in [1.54, 1.807) is 6.21 Å². The van der Waals surface area contributed by atoms with Gasteiger partial charge < -0.3 is 9.30 Å². The van der Waals surface area contributed by atoms with Crippen molar-refractivity contribution in [2.45, 2.75) is 46.8 Å². The Bertz CT molecular complexity index is 1040. The van der Waals surface area contributed by atoms with Gasteiger partial charge in [0, 0.05) is 18.4 Å². The minimum absolute atomic E-state index is 0.460. The van der Waals surface area contributed by atoms with Gasteiger partial charge in [0.15, 0.2) is 0 Å². The molecule has 0 fully saturated rings. The van der Waals surface area contributed by atoms with Crippen LogP contribution in [0.25, 0.3) is 0 Å². The highest BCUT2D eigenvalue weighted by molar-refractivity contribution is 5.84. The van der Waals surface area contributed by atoms with Crippen LogP contribution in [0, 0.1) is 13.8 Å². The van der Waals surface area contributed by atoms with Crippen molar-refractivity contribution in [3.63, 3.8) is 0 Å². The zero-order valence-electron chi connectivity index (χ0n) is 18.1. The monoisotopic (exact) mass is 404 g/mol. The highest BCUT2D eigenvalue weighted by Gasteiger charge is 2.16. The van der Waals surface area contributed by atoms with Crippen molar-refractivity contribution >= 4 is 23.7 Å². The smallest absolute Gasteiger partial charge is 0.412 e. The van der Waals surface area contributed by atoms with E-state index in [1.165, 1.54) is 0 Å². The number of aromatic nitrogens is 2. The Labute approximate surface area is 177 Å². The van der Waals surface area contributed by atoms with Crippen molar-refractivity contribution in [3.8, 4) is 0 Å². The van der Waals surface area contributed by atoms with Crippen molar-refractivity contribution in [3.05, 3.63) is 77.4 Å². The van der Waals surface area contributed by atoms with Crippen LogP contribution in [0.1, 0.15) is 43.4 Å². The van der Waals surface area contributed by atoms with Crippen molar-refractivity contribution in [2.24, 2.45) is 4.99 Å². The summed E-state index contributed by atoms with van der Waals surface area (Å²) in [6.45, 7) is 10.2. The van der Waals surface area contributed by atoms with Crippen molar-refractivity contribution in [2.75, 3.05) is 5.32 Å². The number of nitrogens with zero attached hydrogens (tertiary/aromatic N) is 3. The van der Waals surface area contributed by atoms with Gasteiger partial charge in [0.2, 0.25) is 0 Å². The molecular weight excluding hydrogens is 376 g/mol. The maximum atomic E-state index is 11.9. The van der Waals surface area contributed by atoms with Crippen LogP contribution in [-0.4, -0.2) is 27.5 Å². The average molecular weight is 405 g/mol. The number of carbonyl (C=O) groups is 1. The highest BCUT2D eigenvalue weighted by atomic mass is 16.6. The molecule has 0 aliphatic carbocycles. The quantitative estimate of drug-likeness (QED) is 0.559. The fourth-order valence-corrected chi connectivity index (χ4v) is 2.91. The average Bonchev–Trinajstić information content (AvgIpc) is 3.00. The summed E-state index contributed by atoms with van der Waals surface area (Å²) >= 11 is 0. The summed E-state index contributed by atoms with van der Waals surface area (Å²) in [4.78, 5) is 21.0. The van der Waals surface area contributed by atoms with Gasteiger partial charge in [-0.05, 0) is 63.9 Å². The second kappa shape index (κ2) is 8.95. The van der Waals surface area contributed by atoms with Crippen molar-refractivity contribution < 1.29 is 9.53 Å². The lowest BCUT2D eigenvalue weighted by atomic mass is 10.2. The van der Waals surface area contributed by atoms with Crippen LogP contribution in [0.15, 0.2) is 59.7 Å². The third-order valence-corrected chi connectivity index (χ3v) is 4.40. The predicted octanol–water partition coefficient (Wildman–Crippen LogP) is 5.65. The molecule has 0 radical (unpaired) electrons. The van der Waals surface area contributed by atoms with E-state index in [9.17, 15) is 4.79 Å². The molecule has 0 aliphatic heterocycles. The Morgan fingerprint density at radius 3 is 2.50 bits per heavy atom. The number of ether oxygens (including phenoxy) is 1. The molecule has 156 valence electrons. The topological polar surface area (TPSA) is 68.5 Å². The number of benzene rings is 2. The van der Waals surface area contributed by atoms with Gasteiger partial charge >= 0.3 is 6.09 Å². The van der Waals surface area contributed by atoms with E-state index in [4.69, 9.17) is 4.74 Å². The molecule has 1 heterocycles. The van der Waals surface area contributed by atoms with Crippen LogP contribution in [-0.2, 0) is 11.3 Å². The van der Waals surface area contributed by atoms with E-state index >= 15 is 0 Å². The van der Waals surface area contributed by atoms with E-state index in [1.807, 2.05) is 89.3 Å². The molecule has 0 unspecified atom stereocenters. The van der Waals surface area contributed by atoms with E-state index in [0.717, 1.165) is 28.3 Å². The second-order valence-electron chi connectivity index (χ2n) is 8.21. The van der Waals surface area contributed by atoms with Crippen LogP contribution < -0.4 is 5.32 Å². The largest absolute Gasteiger partial charge is 0.444 e. The minimum Gasteiger partial charge on any atom is -0.444 e. The first-order valence-corrected chi connectivity index (χ1v) is 9.92. The summed E-state index contributed by atoms with van der Waals surface area (Å²) in [6, 6.07) is 15.7. The lowest BCUT2D eigenvalue weighted by Crippen LogP contribution is -2.27. The Kier molecular flexibility index (Phi) is 6.35. The van der Waals surface area contributed by atoms with Gasteiger partial charge in [-0.25, -0.2) is 9.78 Å². The van der Waals surface area contributed by atoms with Gasteiger partial charge in [-0.15, -0.1) is 0 Å². The molecule has 0 saturated carbocycles. The number of hydrogen-bond acceptors (Lipinski definition) is 4. The molecule has 2 aromatic carbocycles. The summed E-state index contributed by atoms with van der Waals surface area (Å²) in [5.74, 6) is 0.914. The fraction of sp³-hybridized carbons (Fsp3) is 0.292. The second-order valence-corrected chi connectivity index (χ2v) is 8.21. The van der Waals surface area contributed by atoms with Crippen LogP contribution >= 0.6 is 0 Å². The van der Waals surface area contributed by atoms with Crippen LogP contribution in [0.5, 0.6) is 0 Å². The maximum absolute atomic E-state index is 11.9. The lowest BCUT2D eigenvalue weighted by molar-refractivity contribution is 0.0636. The number of carbonyl (C=O) groups excluding carboxylic acids is 1. The summed E-state index contributed by atoms with van der Waals surface area (Å²) < 4.78 is 7.35. The van der Waals surface area contributed by atoms with Gasteiger partial charge in [0.05, 0.1) is 17.6 Å². The molecule has 0 spiro atoms. The van der Waals surface area contributed by atoms with E-state index in [-0.39, 0.29) is 0 Å². The summed E-state index contributed by atoms with van der Waals surface area (Å²) in [7, 11) is 0. The normalized spacial score (nSPS) is 11.6. The Hall–Kier alpha value is -3.41. The molecule has 6 heteroatoms. The molecule has 0 atom stereocenters. The number of aliphatic imine (C=N–C) groups is 1. The number of anilines is 1. The first-order valence-electron chi connectivity index (χ1n) is 9.92. The number of rotatable bonds is 5. The standard InChI is InChI=1S/C24H28N4O2/c1-17-8-6-7-9-22(17)25-14-21-16-28(18(2)26-21)15-19-10-12-20(13-11-19)27-23(29)30-24(3,4)5/h6-14,16H,15H2,1-5H3,(H,27,29). The maximum Gasteiger partial charge on any atom is 0.412 e. The fourth-order valence-electron chi connectivity index (χ4n) is 2.91. The molecule has 0 bridgehead atoms. The number of hydrogen-bond donors (Lipinski definition) is 1. The van der Waals surface area contributed by atoms with Gasteiger partial charge in [-0.2, -0.15) is 0 Å². The highest BCUT2D eigenvalue weighted by Crippen LogP contribution is 2.17. The summed E-state index contributed by atoms with van der Waals surface area (Å²) in [5.41, 5.74) is 4.17. The van der Waals surface area contributed by atoms with Crippen molar-refractivity contribution in [1.29, 1.82) is 0 Å². The molecule has 3 rings (SSSR count). The molecule has 1 aromatic heterocycles. The molecule has 0 saturated heterocycles. The third kappa shape index (κ3) is 6.04. The van der Waals surface area contributed by atoms with E-state index in [2.05, 4.69) is 19.9 Å². The van der Waals surface area contributed by atoms with Gasteiger partial charge in [-0.3, -0.25) is 10.3 Å². The Morgan fingerprint density at radius 2 is 1.83 bits per heavy atom. The zero-order chi connectivity index (χ0) is 21.7. The minimum atomic E-state index is -0.525. The number of imidazole rings is 1. The number of nitrogens with one attached hydrogen (secondary N) is 1. The van der Waals surface area contributed by atoms with Crippen LogP contribution in [0.2, 0.25) is 0 Å². The molecule has 0 aliphatic rings. The van der Waals surface area contributed by atoms with Gasteiger partial charge in [0.25, 0.3) is 0 Å². The van der Waals surface area contributed by atoms with Crippen LogP contribution in [0.4, 0.5) is 16.2 Å². The Morgan fingerprint density at radius 1 is 1.13 bits per heavy atom. The number of amides is 1. The molecule has 1 amide bonds. The third-order valence-electron chi connectivity index (χ3n) is 4.40. The number of aryl methyl sites for hydroxylation is 2. The first kappa shape index (κ1) is 21.3. The molecule has 3 aromatic rings. The Balaban J connectivity index is 1.64. The summed E-state index contributed by atoms with van der Waals surface area (Å²) in [5, 5.41) is 2.74. The molecule has 1 N–H and O–H groups in total. The first-order chi connectivity index (χ1) is 14.2. The summed E-state index contributed by atoms with van der Waals surface area (Å²) in [6.07, 6.45) is 3.32. The van der Waals surface area contributed by atoms with E-state index in [0.29, 0.717) is 12.2 Å². The number of para-hydroxylation sites is 1. The van der Waals surface area contributed by atoms with E-state index < -0.39 is 11.7 Å². The molecule has 6 nitrogen and oxygen atoms in total. The van der Waals surface area contributed by atoms with Gasteiger partial charge in [-0.1, -0.05) is 30.3 Å². The zero-order valence-corrected chi connectivity index (χ0v) is 18.1. The predicted molar refractivity (Wildman–Crippen MR) is 121 cm³/mol. The van der Waals surface area contributed by atoms with Gasteiger partial charge in [0.1, 0.15) is 11.4 Å². The molecular formula is C24H28N4O2. The molecule has 30 heavy (non-hydrogen) atoms. The SMILES string of the molecule is Cc1ccccc1N=Cc1cn(Cc2ccc(NC(=O)OC(C)(C)C)cc2)c(C)n1. The van der Waals surface area contributed by atoms with Crippen LogP contribution in [0.3, 0.4) is 0 Å².